The van der Waals surface area contributed by atoms with Crippen LogP contribution in [0.1, 0.15) is 43.7 Å². The van der Waals surface area contributed by atoms with Gasteiger partial charge in [-0.1, -0.05) is 6.07 Å². The van der Waals surface area contributed by atoms with Gasteiger partial charge in [-0.05, 0) is 61.8 Å². The molecule has 1 heterocycles. The zero-order chi connectivity index (χ0) is 20.2. The Bertz CT molecular complexity index is 907. The van der Waals surface area contributed by atoms with E-state index < -0.39 is 17.7 Å². The number of carbonyl (C=O) groups is 2. The van der Waals surface area contributed by atoms with Gasteiger partial charge in [0.1, 0.15) is 11.7 Å². The molecule has 0 aliphatic rings. The Hall–Kier alpha value is -2.79. The fourth-order valence-corrected chi connectivity index (χ4v) is 2.82. The lowest BCUT2D eigenvalue weighted by Crippen LogP contribution is -2.27. The molecular formula is C19H20BrN3O4. The summed E-state index contributed by atoms with van der Waals surface area (Å²) in [7, 11) is 0. The van der Waals surface area contributed by atoms with Gasteiger partial charge < -0.3 is 14.0 Å². The molecule has 0 bridgehead atoms. The van der Waals surface area contributed by atoms with E-state index in [0.717, 1.165) is 0 Å². The molecule has 1 amide bonds. The van der Waals surface area contributed by atoms with Crippen molar-refractivity contribution < 1.29 is 19.1 Å². The first-order chi connectivity index (χ1) is 12.7. The summed E-state index contributed by atoms with van der Waals surface area (Å²) in [6.07, 6.45) is 1.02. The standard InChI is InChI=1S/C19H20BrN3O4/c1-5-26-17(24)16-14(10-21)15(20)11-23(16)13-8-6-7-12(9-13)22-18(25)27-19(2,3)4/h6-9,11H,5H2,1-4H3,(H,22,25). The Morgan fingerprint density at radius 3 is 2.63 bits per heavy atom. The first-order valence-electron chi connectivity index (χ1n) is 8.24. The minimum atomic E-state index is -0.619. The van der Waals surface area contributed by atoms with Gasteiger partial charge >= 0.3 is 12.1 Å². The third-order valence-electron chi connectivity index (χ3n) is 3.31. The SMILES string of the molecule is CCOC(=O)c1c(C#N)c(Br)cn1-c1cccc(NC(=O)OC(C)(C)C)c1. The van der Waals surface area contributed by atoms with E-state index in [0.29, 0.717) is 15.8 Å². The van der Waals surface area contributed by atoms with Gasteiger partial charge in [0.05, 0.1) is 16.6 Å². The van der Waals surface area contributed by atoms with E-state index >= 15 is 0 Å². The molecule has 0 radical (unpaired) electrons. The predicted octanol–water partition coefficient (Wildman–Crippen LogP) is 4.64. The van der Waals surface area contributed by atoms with Crippen LogP contribution in [0.4, 0.5) is 10.5 Å². The summed E-state index contributed by atoms with van der Waals surface area (Å²) in [6.45, 7) is 7.20. The quantitative estimate of drug-likeness (QED) is 0.708. The van der Waals surface area contributed by atoms with Crippen LogP contribution in [-0.4, -0.2) is 28.8 Å². The van der Waals surface area contributed by atoms with Crippen LogP contribution < -0.4 is 5.32 Å². The smallest absolute Gasteiger partial charge is 0.412 e. The zero-order valence-corrected chi connectivity index (χ0v) is 17.1. The summed E-state index contributed by atoms with van der Waals surface area (Å²) in [6, 6.07) is 8.84. The lowest BCUT2D eigenvalue weighted by Gasteiger charge is -2.20. The molecule has 27 heavy (non-hydrogen) atoms. The number of hydrogen-bond acceptors (Lipinski definition) is 5. The van der Waals surface area contributed by atoms with E-state index in [1.807, 2.05) is 6.07 Å². The second-order valence-corrected chi connectivity index (χ2v) is 7.43. The molecular weight excluding hydrogens is 414 g/mol. The fraction of sp³-hybridized carbons (Fsp3) is 0.316. The maximum atomic E-state index is 12.3. The number of benzene rings is 1. The minimum absolute atomic E-state index is 0.112. The number of nitriles is 1. The lowest BCUT2D eigenvalue weighted by molar-refractivity contribution is 0.0515. The molecule has 0 atom stereocenters. The first-order valence-corrected chi connectivity index (χ1v) is 9.04. The highest BCUT2D eigenvalue weighted by Gasteiger charge is 2.23. The number of esters is 1. The second kappa shape index (κ2) is 8.27. The van der Waals surface area contributed by atoms with Crippen LogP contribution in [0.15, 0.2) is 34.9 Å². The van der Waals surface area contributed by atoms with Crippen LogP contribution in [-0.2, 0) is 9.47 Å². The number of halogens is 1. The number of aromatic nitrogens is 1. The van der Waals surface area contributed by atoms with Crippen LogP contribution >= 0.6 is 15.9 Å². The van der Waals surface area contributed by atoms with Gasteiger partial charge in [-0.3, -0.25) is 5.32 Å². The number of nitrogens with one attached hydrogen (secondary N) is 1. The summed E-state index contributed by atoms with van der Waals surface area (Å²) in [5, 5.41) is 12.0. The van der Waals surface area contributed by atoms with Crippen molar-refractivity contribution in [3.63, 3.8) is 0 Å². The third-order valence-corrected chi connectivity index (χ3v) is 3.91. The van der Waals surface area contributed by atoms with Crippen molar-refractivity contribution in [2.45, 2.75) is 33.3 Å². The van der Waals surface area contributed by atoms with E-state index in [1.54, 1.807) is 62.7 Å². The Morgan fingerprint density at radius 2 is 2.04 bits per heavy atom. The van der Waals surface area contributed by atoms with Crippen molar-refractivity contribution in [3.05, 3.63) is 46.2 Å². The Labute approximate surface area is 166 Å². The maximum absolute atomic E-state index is 12.3. The molecule has 8 heteroatoms. The van der Waals surface area contributed by atoms with Crippen LogP contribution in [0.2, 0.25) is 0 Å². The van der Waals surface area contributed by atoms with Gasteiger partial charge in [0, 0.05) is 17.6 Å². The molecule has 1 aromatic carbocycles. The highest BCUT2D eigenvalue weighted by molar-refractivity contribution is 9.10. The molecule has 0 fully saturated rings. The maximum Gasteiger partial charge on any atom is 0.412 e. The molecule has 0 spiro atoms. The second-order valence-electron chi connectivity index (χ2n) is 6.58. The number of ether oxygens (including phenoxy) is 2. The molecule has 0 unspecified atom stereocenters. The lowest BCUT2D eigenvalue weighted by atomic mass is 10.2. The summed E-state index contributed by atoms with van der Waals surface area (Å²) in [5.74, 6) is -0.606. The number of anilines is 1. The van der Waals surface area contributed by atoms with Crippen molar-refractivity contribution in [1.29, 1.82) is 5.26 Å². The van der Waals surface area contributed by atoms with Gasteiger partial charge in [-0.15, -0.1) is 0 Å². The molecule has 0 aliphatic carbocycles. The molecule has 2 rings (SSSR count). The zero-order valence-electron chi connectivity index (χ0n) is 15.5. The monoisotopic (exact) mass is 433 g/mol. The number of rotatable bonds is 4. The third kappa shape index (κ3) is 5.11. The van der Waals surface area contributed by atoms with Crippen molar-refractivity contribution >= 4 is 33.7 Å². The van der Waals surface area contributed by atoms with Gasteiger partial charge in [-0.2, -0.15) is 5.26 Å². The summed E-state index contributed by atoms with van der Waals surface area (Å²) in [4.78, 5) is 24.3. The highest BCUT2D eigenvalue weighted by Crippen LogP contribution is 2.27. The Morgan fingerprint density at radius 1 is 1.33 bits per heavy atom. The topological polar surface area (TPSA) is 93.4 Å². The van der Waals surface area contributed by atoms with Crippen LogP contribution in [0.5, 0.6) is 0 Å². The van der Waals surface area contributed by atoms with Crippen LogP contribution in [0.25, 0.3) is 5.69 Å². The van der Waals surface area contributed by atoms with Gasteiger partial charge in [-0.25, -0.2) is 9.59 Å². The van der Waals surface area contributed by atoms with Crippen LogP contribution in [0, 0.1) is 11.3 Å². The van der Waals surface area contributed by atoms with Crippen molar-refractivity contribution in [2.75, 3.05) is 11.9 Å². The van der Waals surface area contributed by atoms with E-state index in [1.165, 1.54) is 0 Å². The molecule has 142 valence electrons. The van der Waals surface area contributed by atoms with Gasteiger partial charge in [0.2, 0.25) is 0 Å². The van der Waals surface area contributed by atoms with Crippen LogP contribution in [0.3, 0.4) is 0 Å². The highest BCUT2D eigenvalue weighted by atomic mass is 79.9. The van der Waals surface area contributed by atoms with E-state index in [2.05, 4.69) is 21.2 Å². The molecule has 0 saturated carbocycles. The van der Waals surface area contributed by atoms with Gasteiger partial charge in [0.15, 0.2) is 5.69 Å². The minimum Gasteiger partial charge on any atom is -0.461 e. The number of nitrogens with zero attached hydrogens (tertiary/aromatic N) is 2. The van der Waals surface area contributed by atoms with E-state index in [4.69, 9.17) is 9.47 Å². The number of hydrogen-bond donors (Lipinski definition) is 1. The average Bonchev–Trinajstić information content (AvgIpc) is 2.90. The fourth-order valence-electron chi connectivity index (χ4n) is 2.34. The van der Waals surface area contributed by atoms with Crippen molar-refractivity contribution in [3.8, 4) is 11.8 Å². The van der Waals surface area contributed by atoms with Crippen molar-refractivity contribution in [1.82, 2.24) is 4.57 Å². The molecule has 0 saturated heterocycles. The normalized spacial score (nSPS) is 10.8. The van der Waals surface area contributed by atoms with E-state index in [9.17, 15) is 14.9 Å². The number of amides is 1. The largest absolute Gasteiger partial charge is 0.461 e. The summed E-state index contributed by atoms with van der Waals surface area (Å²) in [5.41, 5.74) is 0.736. The molecule has 0 aliphatic heterocycles. The average molecular weight is 434 g/mol. The number of carbonyl (C=O) groups excluding carboxylic acids is 2. The Balaban J connectivity index is 2.41. The predicted molar refractivity (Wildman–Crippen MR) is 104 cm³/mol. The molecule has 2 aromatic rings. The molecule has 1 N–H and O–H groups in total. The van der Waals surface area contributed by atoms with Gasteiger partial charge in [0.25, 0.3) is 0 Å². The molecule has 7 nitrogen and oxygen atoms in total. The van der Waals surface area contributed by atoms with E-state index in [-0.39, 0.29) is 17.9 Å². The summed E-state index contributed by atoms with van der Waals surface area (Å²) >= 11 is 3.30. The summed E-state index contributed by atoms with van der Waals surface area (Å²) < 4.78 is 12.3. The molecule has 1 aromatic heterocycles. The van der Waals surface area contributed by atoms with Crippen molar-refractivity contribution in [2.24, 2.45) is 0 Å². The Kier molecular flexibility index (Phi) is 6.28. The first kappa shape index (κ1) is 20.5.